The Kier molecular flexibility index (Phi) is 10.2. The van der Waals surface area contributed by atoms with E-state index >= 15 is 0 Å². The van der Waals surface area contributed by atoms with Gasteiger partial charge in [0.2, 0.25) is 0 Å². The molecule has 2 aromatic carbocycles. The van der Waals surface area contributed by atoms with Gasteiger partial charge < -0.3 is 19.0 Å². The van der Waals surface area contributed by atoms with E-state index in [9.17, 15) is 10.2 Å². The number of benzene rings is 2. The van der Waals surface area contributed by atoms with Gasteiger partial charge in [0.15, 0.2) is 0 Å². The van der Waals surface area contributed by atoms with Crippen LogP contribution in [-0.2, 0) is 22.3 Å². The van der Waals surface area contributed by atoms with Crippen LogP contribution in [0.2, 0.25) is 0 Å². The molecule has 1 fully saturated rings. The van der Waals surface area contributed by atoms with E-state index in [0.29, 0.717) is 33.5 Å². The molecule has 44 heavy (non-hydrogen) atoms. The van der Waals surface area contributed by atoms with Crippen LogP contribution in [0.5, 0.6) is 11.5 Å². The molecular weight excluding hydrogens is 585 g/mol. The van der Waals surface area contributed by atoms with Gasteiger partial charge in [-0.15, -0.1) is 0 Å². The molecule has 1 aliphatic carbocycles. The molecule has 0 aliphatic heterocycles. The first-order chi connectivity index (χ1) is 20.9. The summed E-state index contributed by atoms with van der Waals surface area (Å²) in [6, 6.07) is 16.1. The van der Waals surface area contributed by atoms with Crippen molar-refractivity contribution in [2.75, 3.05) is 0 Å². The third kappa shape index (κ3) is 7.74. The topological polar surface area (TPSA) is 66.7 Å². The maximum atomic E-state index is 11.4. The van der Waals surface area contributed by atoms with E-state index < -0.39 is 0 Å². The van der Waals surface area contributed by atoms with Gasteiger partial charge in [-0.2, -0.15) is 23.5 Å². The predicted molar refractivity (Wildman–Crippen MR) is 187 cm³/mol. The Labute approximate surface area is 272 Å². The standard InChI is InChI=1S/C38H48O4S2/c1-37(2,3)27-19-25(35(39)29(21-27)31-13-11-17-41-31)23-43-33-15-9-7-8-10-16-34(33)44-24-26-20-28(38(4,5)6)22-30(36(26)40)32-14-12-18-42-32/h11-14,17-22,33-34,39-40H,7-10,15-16,23-24H2,1-6H3/t33-,34-/m0/s1. The van der Waals surface area contributed by atoms with E-state index in [0.717, 1.165) is 33.8 Å². The zero-order chi connectivity index (χ0) is 31.5. The van der Waals surface area contributed by atoms with Crippen LogP contribution in [0.15, 0.2) is 69.9 Å². The normalized spacial score (nSPS) is 18.2. The van der Waals surface area contributed by atoms with Crippen molar-refractivity contribution < 1.29 is 19.0 Å². The van der Waals surface area contributed by atoms with E-state index in [2.05, 4.69) is 65.8 Å². The van der Waals surface area contributed by atoms with Crippen LogP contribution >= 0.6 is 23.5 Å². The minimum atomic E-state index is -0.0504. The van der Waals surface area contributed by atoms with Crippen molar-refractivity contribution in [2.24, 2.45) is 0 Å². The summed E-state index contributed by atoms with van der Waals surface area (Å²) in [5, 5.41) is 23.7. The highest BCUT2D eigenvalue weighted by Gasteiger charge is 2.27. The van der Waals surface area contributed by atoms with Crippen molar-refractivity contribution in [2.45, 2.75) is 113 Å². The molecule has 0 spiro atoms. The van der Waals surface area contributed by atoms with Crippen LogP contribution in [0.3, 0.4) is 0 Å². The zero-order valence-corrected chi connectivity index (χ0v) is 28.7. The second-order valence-electron chi connectivity index (χ2n) is 14.2. The highest BCUT2D eigenvalue weighted by Crippen LogP contribution is 2.44. The molecule has 2 N–H and O–H groups in total. The Morgan fingerprint density at radius 1 is 0.636 bits per heavy atom. The van der Waals surface area contributed by atoms with Crippen molar-refractivity contribution >= 4 is 23.5 Å². The quantitative estimate of drug-likeness (QED) is 0.201. The number of phenols is 2. The summed E-state index contributed by atoms with van der Waals surface area (Å²) in [4.78, 5) is 0. The first-order valence-electron chi connectivity index (χ1n) is 16.0. The fourth-order valence-corrected chi connectivity index (χ4v) is 8.97. The zero-order valence-electron chi connectivity index (χ0n) is 27.1. The summed E-state index contributed by atoms with van der Waals surface area (Å²) in [5.41, 5.74) is 5.77. The van der Waals surface area contributed by atoms with Crippen LogP contribution < -0.4 is 0 Å². The van der Waals surface area contributed by atoms with Gasteiger partial charge in [-0.1, -0.05) is 79.4 Å². The van der Waals surface area contributed by atoms with Crippen molar-refractivity contribution in [3.8, 4) is 34.1 Å². The van der Waals surface area contributed by atoms with Gasteiger partial charge >= 0.3 is 0 Å². The highest BCUT2D eigenvalue weighted by atomic mass is 32.2. The number of hydrogen-bond acceptors (Lipinski definition) is 6. The molecule has 236 valence electrons. The van der Waals surface area contributed by atoms with Crippen LogP contribution in [0.1, 0.15) is 102 Å². The summed E-state index contributed by atoms with van der Waals surface area (Å²) in [6.07, 6.45) is 10.7. The summed E-state index contributed by atoms with van der Waals surface area (Å²) < 4.78 is 11.4. The van der Waals surface area contributed by atoms with E-state index in [1.807, 2.05) is 47.8 Å². The molecule has 2 heterocycles. The van der Waals surface area contributed by atoms with Gasteiger partial charge in [-0.05, 0) is 71.2 Å². The molecule has 0 amide bonds. The van der Waals surface area contributed by atoms with Crippen molar-refractivity contribution in [3.63, 3.8) is 0 Å². The number of thioether (sulfide) groups is 2. The van der Waals surface area contributed by atoms with Crippen molar-refractivity contribution in [3.05, 3.63) is 83.3 Å². The summed E-state index contributed by atoms with van der Waals surface area (Å²) in [6.45, 7) is 13.3. The molecule has 0 radical (unpaired) electrons. The fraction of sp³-hybridized carbons (Fsp3) is 0.474. The minimum absolute atomic E-state index is 0.0504. The van der Waals surface area contributed by atoms with Crippen molar-refractivity contribution in [1.29, 1.82) is 0 Å². The van der Waals surface area contributed by atoms with Gasteiger partial charge in [-0.25, -0.2) is 0 Å². The Bertz CT molecular complexity index is 1390. The molecule has 1 aliphatic rings. The molecule has 1 saturated carbocycles. The molecular formula is C38H48O4S2. The van der Waals surface area contributed by atoms with Gasteiger partial charge in [0.05, 0.1) is 23.7 Å². The number of furan rings is 2. The highest BCUT2D eigenvalue weighted by molar-refractivity contribution is 8.03. The van der Waals surface area contributed by atoms with Crippen molar-refractivity contribution in [1.82, 2.24) is 0 Å². The third-order valence-corrected chi connectivity index (χ3v) is 11.8. The van der Waals surface area contributed by atoms with Crippen LogP contribution in [0, 0.1) is 0 Å². The van der Waals surface area contributed by atoms with E-state index in [-0.39, 0.29) is 10.8 Å². The lowest BCUT2D eigenvalue weighted by atomic mass is 9.84. The molecule has 4 aromatic rings. The number of phenolic OH excluding ortho intramolecular Hbond substituents is 2. The molecule has 2 aromatic heterocycles. The maximum Gasteiger partial charge on any atom is 0.137 e. The minimum Gasteiger partial charge on any atom is -0.507 e. The second kappa shape index (κ2) is 13.7. The SMILES string of the molecule is CC(C)(C)c1cc(CS[C@H]2CCCCCC[C@@H]2SCc2cc(C(C)(C)C)cc(-c3ccco3)c2O)c(O)c(-c2ccco2)c1. The number of rotatable bonds is 8. The maximum absolute atomic E-state index is 11.4. The van der Waals surface area contributed by atoms with Crippen LogP contribution in [0.25, 0.3) is 22.6 Å². The Morgan fingerprint density at radius 3 is 1.39 bits per heavy atom. The molecule has 4 nitrogen and oxygen atoms in total. The molecule has 0 saturated heterocycles. The summed E-state index contributed by atoms with van der Waals surface area (Å²) in [5.74, 6) is 3.54. The van der Waals surface area contributed by atoms with Gasteiger partial charge in [0.1, 0.15) is 23.0 Å². The first kappa shape index (κ1) is 32.7. The predicted octanol–water partition coefficient (Wildman–Crippen LogP) is 11.5. The molecule has 0 bridgehead atoms. The molecule has 2 atom stereocenters. The smallest absolute Gasteiger partial charge is 0.137 e. The summed E-state index contributed by atoms with van der Waals surface area (Å²) in [7, 11) is 0. The monoisotopic (exact) mass is 632 g/mol. The molecule has 0 unspecified atom stereocenters. The number of hydrogen-bond donors (Lipinski definition) is 2. The Balaban J connectivity index is 1.39. The van der Waals surface area contributed by atoms with Crippen LogP contribution in [-0.4, -0.2) is 20.7 Å². The van der Waals surface area contributed by atoms with Crippen LogP contribution in [0.4, 0.5) is 0 Å². The average molecular weight is 633 g/mol. The Hall–Kier alpha value is -2.70. The lowest BCUT2D eigenvalue weighted by Gasteiger charge is -2.30. The second-order valence-corrected chi connectivity index (χ2v) is 16.7. The molecule has 5 rings (SSSR count). The van der Waals surface area contributed by atoms with E-state index in [4.69, 9.17) is 8.83 Å². The summed E-state index contributed by atoms with van der Waals surface area (Å²) >= 11 is 3.96. The number of aromatic hydroxyl groups is 2. The van der Waals surface area contributed by atoms with E-state index in [1.54, 1.807) is 12.5 Å². The molecule has 6 heteroatoms. The van der Waals surface area contributed by atoms with Gasteiger partial charge in [0, 0.05) is 33.1 Å². The lowest BCUT2D eigenvalue weighted by molar-refractivity contribution is 0.466. The first-order valence-corrected chi connectivity index (χ1v) is 18.1. The largest absolute Gasteiger partial charge is 0.507 e. The Morgan fingerprint density at radius 2 is 1.05 bits per heavy atom. The average Bonchev–Trinajstić information content (AvgIpc) is 3.68. The third-order valence-electron chi connectivity index (χ3n) is 8.73. The van der Waals surface area contributed by atoms with Gasteiger partial charge in [0.25, 0.3) is 0 Å². The lowest BCUT2D eigenvalue weighted by Crippen LogP contribution is -2.22. The van der Waals surface area contributed by atoms with Gasteiger partial charge in [-0.3, -0.25) is 0 Å². The van der Waals surface area contributed by atoms with E-state index in [1.165, 1.54) is 49.7 Å². The fourth-order valence-electron chi connectivity index (χ4n) is 5.91.